The summed E-state index contributed by atoms with van der Waals surface area (Å²) in [7, 11) is -5.19. The van der Waals surface area contributed by atoms with Gasteiger partial charge >= 0.3 is 23.9 Å². The number of carbonyl (C=O) groups is 8. The number of benzene rings is 7. The summed E-state index contributed by atoms with van der Waals surface area (Å²) >= 11 is 0.429. The number of rotatable bonds is 22. The summed E-state index contributed by atoms with van der Waals surface area (Å²) in [5.74, 6) is -10.3. The van der Waals surface area contributed by atoms with E-state index in [0.717, 1.165) is 21.9 Å². The molecule has 424 valence electrons. The second kappa shape index (κ2) is 21.5. The number of nitrogens with one attached hydrogen (secondary N) is 6. The van der Waals surface area contributed by atoms with Crippen molar-refractivity contribution in [1.82, 2.24) is 29.9 Å². The molecule has 7 aromatic carbocycles. The number of anilines is 10. The molecule has 32 nitrogen and oxygen atoms in total. The Morgan fingerprint density at radius 2 is 0.798 bits per heavy atom. The number of carbonyl (C=O) groups excluding carboxylic acids is 4. The Hall–Kier alpha value is -11.0. The van der Waals surface area contributed by atoms with Crippen molar-refractivity contribution in [3.05, 3.63) is 107 Å². The fourth-order valence-corrected chi connectivity index (χ4v) is 10.8. The molecule has 2 aliphatic rings. The maximum absolute atomic E-state index is 14.7. The van der Waals surface area contributed by atoms with E-state index in [-0.39, 0.29) is 79.3 Å². The number of aromatic nitrogens is 6. The molecule has 0 saturated carbocycles. The van der Waals surface area contributed by atoms with E-state index in [9.17, 15) is 61.5 Å². The van der Waals surface area contributed by atoms with Crippen LogP contribution < -0.4 is 41.7 Å². The van der Waals surface area contributed by atoms with Crippen LogP contribution in [0, 0.1) is 0 Å². The monoisotopic (exact) mass is 1180 g/mol. The number of hydrogen-bond acceptors (Lipinski definition) is 26. The molecule has 2 aliphatic heterocycles. The van der Waals surface area contributed by atoms with Crippen LogP contribution >= 0.6 is 12.0 Å². The minimum atomic E-state index is -5.19. The van der Waals surface area contributed by atoms with Gasteiger partial charge in [-0.25, -0.2) is 15.1 Å². The fraction of sp³-hybridized carbons (Fsp3) is 0.0800. The average molecular weight is 1180 g/mol. The molecular weight excluding hydrogens is 1150 g/mol. The Morgan fingerprint density at radius 3 is 1.14 bits per heavy atom. The molecule has 12 N–H and O–H groups in total. The average Bonchev–Trinajstić information content (AvgIpc) is 0.756. The molecule has 2 aromatic heterocycles. The second-order valence-electron chi connectivity index (χ2n) is 17.9. The molecule has 0 unspecified atom stereocenters. The van der Waals surface area contributed by atoms with Crippen molar-refractivity contribution in [1.29, 1.82) is 0 Å². The van der Waals surface area contributed by atoms with Gasteiger partial charge in [0.1, 0.15) is 31.1 Å². The highest BCUT2D eigenvalue weighted by atomic mass is 32.2. The molecule has 0 radical (unpaired) electrons. The van der Waals surface area contributed by atoms with Crippen LogP contribution in [0.4, 0.5) is 58.4 Å². The minimum Gasteiger partial charge on any atom is -0.480 e. The molecular formula is C50H34N14O18S2. The fourth-order valence-electron chi connectivity index (χ4n) is 9.62. The van der Waals surface area contributed by atoms with Crippen LogP contribution in [0.2, 0.25) is 0 Å². The van der Waals surface area contributed by atoms with Gasteiger partial charge in [-0.05, 0) is 93.0 Å². The molecule has 0 atom stereocenters. The molecule has 4 heterocycles. The third kappa shape index (κ3) is 10.2. The van der Waals surface area contributed by atoms with E-state index >= 15 is 0 Å². The van der Waals surface area contributed by atoms with Crippen LogP contribution in [0.5, 0.6) is 0 Å². The molecule has 0 saturated heterocycles. The summed E-state index contributed by atoms with van der Waals surface area (Å²) in [4.78, 5) is 129. The lowest BCUT2D eigenvalue weighted by Gasteiger charge is -2.30. The number of nitrogens with zero attached hydrogens (tertiary/aromatic N) is 8. The predicted molar refractivity (Wildman–Crippen MR) is 294 cm³/mol. The Labute approximate surface area is 470 Å². The number of carboxylic acids is 4. The van der Waals surface area contributed by atoms with Crippen LogP contribution in [0.25, 0.3) is 43.1 Å². The number of imide groups is 2. The first kappa shape index (κ1) is 54.9. The zero-order valence-electron chi connectivity index (χ0n) is 41.9. The van der Waals surface area contributed by atoms with E-state index < -0.39 is 100 Å². The minimum absolute atomic E-state index is 0.0153. The van der Waals surface area contributed by atoms with Crippen molar-refractivity contribution in [2.75, 3.05) is 67.9 Å². The standard InChI is InChI=1S/C50H34N14O18S2/c65-33(66)15-51-45-57-46(52-16-34(67)68)60-49(59-45)55-29-11-1-19(13-31(29)83-82-81-77)63-41(73)25-7-3-21-23-5-9-27-40-28(10-6-24(38(23)40)22-4-8-26(42(63)74)39(25)37(21)22)44(76)64(43(27)75)20-2-12-30(32(14-20)84(78,79)80)56-50-61-47(53-17-35(69)70)58-48(62-50)54-18-36(71)72/h1-14,77H,15-18H2,(H,65,66)(H,67,68)(H,69,70)(H,71,72)(H,78,79,80)(H3,51,52,55,57,59,60)(H3,53,54,56,58,61,62). The van der Waals surface area contributed by atoms with Crippen molar-refractivity contribution in [2.24, 2.45) is 0 Å². The van der Waals surface area contributed by atoms with Gasteiger partial charge in [-0.3, -0.25) is 42.9 Å². The van der Waals surface area contributed by atoms with Gasteiger partial charge in [0.25, 0.3) is 33.7 Å². The Bertz CT molecular complexity index is 4320. The Balaban J connectivity index is 0.927. The zero-order valence-corrected chi connectivity index (χ0v) is 43.5. The Morgan fingerprint density at radius 1 is 0.464 bits per heavy atom. The van der Waals surface area contributed by atoms with Crippen molar-refractivity contribution < 1.29 is 86.4 Å². The van der Waals surface area contributed by atoms with Crippen LogP contribution in [0.3, 0.4) is 0 Å². The van der Waals surface area contributed by atoms with Crippen molar-refractivity contribution in [2.45, 2.75) is 9.79 Å². The number of aliphatic carboxylic acids is 4. The summed E-state index contributed by atoms with van der Waals surface area (Å²) in [6.45, 7) is -2.59. The predicted octanol–water partition coefficient (Wildman–Crippen LogP) is 4.86. The normalized spacial score (nSPS) is 13.0. The van der Waals surface area contributed by atoms with Gasteiger partial charge in [0.05, 0.1) is 39.7 Å². The number of hydrogen-bond donors (Lipinski definition) is 12. The lowest BCUT2D eigenvalue weighted by molar-refractivity contribution is -0.432. The third-order valence-corrected chi connectivity index (χ3v) is 14.4. The molecule has 0 aliphatic carbocycles. The van der Waals surface area contributed by atoms with E-state index in [1.807, 2.05) is 0 Å². The van der Waals surface area contributed by atoms with E-state index in [1.165, 1.54) is 48.5 Å². The van der Waals surface area contributed by atoms with Gasteiger partial charge in [0.2, 0.25) is 35.7 Å². The van der Waals surface area contributed by atoms with Gasteiger partial charge in [0, 0.05) is 33.0 Å². The molecule has 0 bridgehead atoms. The highest BCUT2D eigenvalue weighted by molar-refractivity contribution is 7.94. The summed E-state index contributed by atoms with van der Waals surface area (Å²) in [6, 6.07) is 19.9. The highest BCUT2D eigenvalue weighted by Gasteiger charge is 2.39. The maximum Gasteiger partial charge on any atom is 0.322 e. The van der Waals surface area contributed by atoms with E-state index in [0.29, 0.717) is 49.7 Å². The van der Waals surface area contributed by atoms with E-state index in [2.05, 4.69) is 66.8 Å². The SMILES string of the molecule is O=C(O)CNc1nc(NCC(=O)O)nc(Nc2ccc(N3C(=O)c4ccc5c6ccc7c8c(ccc(c9ccc(c4c59)C3=O)c86)C(=O)N(c3ccc(Nc4nc(NCC(=O)O)nc(NCC(=O)O)n4)c(S(=O)(=O)O)c3)C7=O)cc2SOOO)n1. The van der Waals surface area contributed by atoms with Gasteiger partial charge in [0.15, 0.2) is 0 Å². The first-order valence-corrected chi connectivity index (χ1v) is 26.1. The topological polar surface area (TPSA) is 467 Å². The van der Waals surface area contributed by atoms with Crippen LogP contribution in [0.1, 0.15) is 41.4 Å². The van der Waals surface area contributed by atoms with Crippen molar-refractivity contribution in [3.8, 4) is 0 Å². The number of fused-ring (bicyclic) bond motifs is 2. The summed E-state index contributed by atoms with van der Waals surface area (Å²) in [5, 5.41) is 68.4. The molecule has 84 heavy (non-hydrogen) atoms. The second-order valence-corrected chi connectivity index (χ2v) is 20.1. The molecule has 0 spiro atoms. The molecule has 4 amide bonds. The third-order valence-electron chi connectivity index (χ3n) is 12.9. The van der Waals surface area contributed by atoms with Crippen molar-refractivity contribution >= 4 is 171 Å². The van der Waals surface area contributed by atoms with Crippen LogP contribution in [-0.4, -0.2) is 142 Å². The quantitative estimate of drug-likeness (QED) is 0.00820. The van der Waals surface area contributed by atoms with Crippen molar-refractivity contribution in [3.63, 3.8) is 0 Å². The van der Waals surface area contributed by atoms with E-state index in [1.54, 1.807) is 24.3 Å². The lowest BCUT2D eigenvalue weighted by atomic mass is 9.82. The number of amides is 4. The molecule has 34 heteroatoms. The smallest absolute Gasteiger partial charge is 0.322 e. The van der Waals surface area contributed by atoms with Crippen LogP contribution in [0.15, 0.2) is 94.7 Å². The Kier molecular flexibility index (Phi) is 14.0. The highest BCUT2D eigenvalue weighted by Crippen LogP contribution is 2.48. The lowest BCUT2D eigenvalue weighted by Crippen LogP contribution is -2.40. The van der Waals surface area contributed by atoms with Gasteiger partial charge in [-0.15, -0.1) is 4.33 Å². The summed E-state index contributed by atoms with van der Waals surface area (Å²) in [6.07, 6.45) is 0. The van der Waals surface area contributed by atoms with Gasteiger partial charge < -0.3 is 52.3 Å². The van der Waals surface area contributed by atoms with E-state index in [4.69, 9.17) is 19.8 Å². The molecule has 11 rings (SSSR count). The summed E-state index contributed by atoms with van der Waals surface area (Å²) in [5.41, 5.74) is -0.253. The van der Waals surface area contributed by atoms with Gasteiger partial charge in [-0.2, -0.15) is 38.3 Å². The van der Waals surface area contributed by atoms with Crippen LogP contribution in [-0.2, 0) is 38.7 Å². The maximum atomic E-state index is 14.7. The molecule has 0 fully saturated rings. The first-order chi connectivity index (χ1) is 40.2. The largest absolute Gasteiger partial charge is 0.480 e. The number of carboxylic acid groups (broad SMARTS) is 4. The van der Waals surface area contributed by atoms with Gasteiger partial charge in [-0.1, -0.05) is 29.3 Å². The zero-order chi connectivity index (χ0) is 59.5. The summed E-state index contributed by atoms with van der Waals surface area (Å²) < 4.78 is 41.1. The molecule has 9 aromatic rings. The first-order valence-electron chi connectivity index (χ1n) is 23.9.